The van der Waals surface area contributed by atoms with Crippen molar-refractivity contribution in [3.8, 4) is 0 Å². The van der Waals surface area contributed by atoms with Gasteiger partial charge in [0.2, 0.25) is 0 Å². The van der Waals surface area contributed by atoms with Crippen molar-refractivity contribution in [3.63, 3.8) is 0 Å². The lowest BCUT2D eigenvalue weighted by molar-refractivity contribution is 0.535. The molecule has 0 aliphatic heterocycles. The summed E-state index contributed by atoms with van der Waals surface area (Å²) < 4.78 is 0. The van der Waals surface area contributed by atoms with Crippen molar-refractivity contribution in [2.24, 2.45) is 5.92 Å². The quantitative estimate of drug-likeness (QED) is 0.725. The summed E-state index contributed by atoms with van der Waals surface area (Å²) in [4.78, 5) is 2.21. The van der Waals surface area contributed by atoms with E-state index in [9.17, 15) is 0 Å². The molecular weight excluding hydrogens is 182 g/mol. The van der Waals surface area contributed by atoms with Gasteiger partial charge in [-0.05, 0) is 36.0 Å². The van der Waals surface area contributed by atoms with Gasteiger partial charge < -0.3 is 4.90 Å². The lowest BCUT2D eigenvalue weighted by atomic mass is 9.88. The van der Waals surface area contributed by atoms with Crippen LogP contribution in [0.4, 0.5) is 5.69 Å². The molecule has 1 rings (SSSR count). The molecule has 0 unspecified atom stereocenters. The molecule has 0 N–H and O–H groups in total. The molecule has 0 saturated heterocycles. The first kappa shape index (κ1) is 12.1. The third-order valence-electron chi connectivity index (χ3n) is 3.16. The Balaban J connectivity index is 3.16. The summed E-state index contributed by atoms with van der Waals surface area (Å²) in [5.41, 5.74) is 4.15. The van der Waals surface area contributed by atoms with Crippen LogP contribution in [-0.2, 0) is 0 Å². The van der Waals surface area contributed by atoms with Crippen molar-refractivity contribution in [2.75, 3.05) is 19.0 Å². The van der Waals surface area contributed by atoms with Crippen LogP contribution in [-0.4, -0.2) is 14.1 Å². The van der Waals surface area contributed by atoms with Crippen LogP contribution in [0.1, 0.15) is 37.8 Å². The Morgan fingerprint density at radius 1 is 1.07 bits per heavy atom. The third-order valence-corrected chi connectivity index (χ3v) is 3.16. The second kappa shape index (κ2) is 4.69. The Morgan fingerprint density at radius 3 is 2.13 bits per heavy atom. The zero-order valence-corrected chi connectivity index (χ0v) is 10.8. The van der Waals surface area contributed by atoms with Crippen molar-refractivity contribution in [3.05, 3.63) is 29.3 Å². The smallest absolute Gasteiger partial charge is 0.0399 e. The van der Waals surface area contributed by atoms with E-state index in [1.54, 1.807) is 0 Å². The molecule has 1 atom stereocenters. The number of benzene rings is 1. The summed E-state index contributed by atoms with van der Waals surface area (Å²) in [6.45, 7) is 9.02. The SMILES string of the molecule is Cc1ccc([C@@H](C)C(C)C)c(N(C)C)c1. The van der Waals surface area contributed by atoms with E-state index in [-0.39, 0.29) is 0 Å². The van der Waals surface area contributed by atoms with Gasteiger partial charge in [0.1, 0.15) is 0 Å². The van der Waals surface area contributed by atoms with E-state index in [4.69, 9.17) is 0 Å². The topological polar surface area (TPSA) is 3.24 Å². The van der Waals surface area contributed by atoms with E-state index >= 15 is 0 Å². The average molecular weight is 205 g/mol. The molecule has 0 aliphatic carbocycles. The van der Waals surface area contributed by atoms with Crippen LogP contribution in [0.15, 0.2) is 18.2 Å². The number of aryl methyl sites for hydroxylation is 1. The van der Waals surface area contributed by atoms with Gasteiger partial charge in [-0.1, -0.05) is 32.9 Å². The Bertz CT molecular complexity index is 326. The van der Waals surface area contributed by atoms with Crippen LogP contribution in [0.3, 0.4) is 0 Å². The fourth-order valence-electron chi connectivity index (χ4n) is 1.79. The lowest BCUT2D eigenvalue weighted by Crippen LogP contribution is -2.14. The van der Waals surface area contributed by atoms with Crippen molar-refractivity contribution in [1.29, 1.82) is 0 Å². The number of hydrogen-bond acceptors (Lipinski definition) is 1. The van der Waals surface area contributed by atoms with Gasteiger partial charge in [0.25, 0.3) is 0 Å². The maximum absolute atomic E-state index is 2.31. The molecule has 0 spiro atoms. The van der Waals surface area contributed by atoms with Gasteiger partial charge in [-0.15, -0.1) is 0 Å². The largest absolute Gasteiger partial charge is 0.377 e. The monoisotopic (exact) mass is 205 g/mol. The zero-order chi connectivity index (χ0) is 11.6. The summed E-state index contributed by atoms with van der Waals surface area (Å²) in [5, 5.41) is 0. The predicted molar refractivity (Wildman–Crippen MR) is 68.8 cm³/mol. The zero-order valence-electron chi connectivity index (χ0n) is 10.8. The van der Waals surface area contributed by atoms with Gasteiger partial charge in [0.05, 0.1) is 0 Å². The number of hydrogen-bond donors (Lipinski definition) is 0. The third kappa shape index (κ3) is 2.74. The summed E-state index contributed by atoms with van der Waals surface area (Å²) in [7, 11) is 4.23. The number of nitrogens with zero attached hydrogens (tertiary/aromatic N) is 1. The first-order valence-electron chi connectivity index (χ1n) is 5.71. The van der Waals surface area contributed by atoms with Crippen LogP contribution in [0.25, 0.3) is 0 Å². The van der Waals surface area contributed by atoms with Gasteiger partial charge in [0, 0.05) is 19.8 Å². The highest BCUT2D eigenvalue weighted by atomic mass is 15.1. The molecule has 1 aromatic carbocycles. The Hall–Kier alpha value is -0.980. The maximum Gasteiger partial charge on any atom is 0.0399 e. The summed E-state index contributed by atoms with van der Waals surface area (Å²) >= 11 is 0. The second-order valence-corrected chi connectivity index (χ2v) is 4.99. The summed E-state index contributed by atoms with van der Waals surface area (Å²) in [6, 6.07) is 6.75. The van der Waals surface area contributed by atoms with E-state index in [2.05, 4.69) is 64.9 Å². The molecule has 0 heterocycles. The van der Waals surface area contributed by atoms with Crippen LogP contribution in [0.2, 0.25) is 0 Å². The van der Waals surface area contributed by atoms with E-state index in [0.717, 1.165) is 0 Å². The van der Waals surface area contributed by atoms with Gasteiger partial charge in [-0.2, -0.15) is 0 Å². The van der Waals surface area contributed by atoms with Crippen molar-refractivity contribution in [1.82, 2.24) is 0 Å². The summed E-state index contributed by atoms with van der Waals surface area (Å²) in [6.07, 6.45) is 0. The molecule has 84 valence electrons. The lowest BCUT2D eigenvalue weighted by Gasteiger charge is -2.24. The normalized spacial score (nSPS) is 13.0. The van der Waals surface area contributed by atoms with Crippen LogP contribution >= 0.6 is 0 Å². The Morgan fingerprint density at radius 2 is 1.67 bits per heavy atom. The van der Waals surface area contributed by atoms with Crippen molar-refractivity contribution < 1.29 is 0 Å². The molecule has 0 bridgehead atoms. The highest BCUT2D eigenvalue weighted by Crippen LogP contribution is 2.31. The van der Waals surface area contributed by atoms with E-state index in [1.165, 1.54) is 16.8 Å². The highest BCUT2D eigenvalue weighted by Gasteiger charge is 2.14. The highest BCUT2D eigenvalue weighted by molar-refractivity contribution is 5.55. The standard InChI is InChI=1S/C14H23N/c1-10(2)12(4)13-8-7-11(3)9-14(13)15(5)6/h7-10,12H,1-6H3/t12-/m0/s1. The molecule has 0 saturated carbocycles. The first-order chi connectivity index (χ1) is 6.93. The van der Waals surface area contributed by atoms with E-state index < -0.39 is 0 Å². The van der Waals surface area contributed by atoms with E-state index in [1.807, 2.05) is 0 Å². The predicted octanol–water partition coefficient (Wildman–Crippen LogP) is 3.82. The Labute approximate surface area is 94.1 Å². The molecule has 15 heavy (non-hydrogen) atoms. The minimum absolute atomic E-state index is 0.614. The van der Waals surface area contributed by atoms with Crippen LogP contribution < -0.4 is 4.90 Å². The van der Waals surface area contributed by atoms with Crippen LogP contribution in [0, 0.1) is 12.8 Å². The molecule has 0 amide bonds. The fourth-order valence-corrected chi connectivity index (χ4v) is 1.79. The van der Waals surface area contributed by atoms with Crippen molar-refractivity contribution in [2.45, 2.75) is 33.6 Å². The molecule has 0 fully saturated rings. The molecule has 1 aromatic rings. The molecule has 0 aliphatic rings. The first-order valence-corrected chi connectivity index (χ1v) is 5.71. The molecule has 0 radical (unpaired) electrons. The average Bonchev–Trinajstić information content (AvgIpc) is 2.16. The Kier molecular flexibility index (Phi) is 3.78. The fraction of sp³-hybridized carbons (Fsp3) is 0.571. The van der Waals surface area contributed by atoms with Gasteiger partial charge in [0.15, 0.2) is 0 Å². The van der Waals surface area contributed by atoms with Gasteiger partial charge >= 0.3 is 0 Å². The molecular formula is C14H23N. The van der Waals surface area contributed by atoms with Crippen molar-refractivity contribution >= 4 is 5.69 Å². The molecule has 1 heteroatoms. The van der Waals surface area contributed by atoms with Gasteiger partial charge in [-0.3, -0.25) is 0 Å². The van der Waals surface area contributed by atoms with E-state index in [0.29, 0.717) is 11.8 Å². The second-order valence-electron chi connectivity index (χ2n) is 4.99. The molecule has 1 nitrogen and oxygen atoms in total. The van der Waals surface area contributed by atoms with Crippen LogP contribution in [0.5, 0.6) is 0 Å². The number of rotatable bonds is 3. The van der Waals surface area contributed by atoms with Gasteiger partial charge in [-0.25, -0.2) is 0 Å². The number of anilines is 1. The minimum Gasteiger partial charge on any atom is -0.377 e. The minimum atomic E-state index is 0.614. The molecule has 0 aromatic heterocycles. The maximum atomic E-state index is 2.31. The summed E-state index contributed by atoms with van der Waals surface area (Å²) in [5.74, 6) is 1.30.